The molecule has 3 aliphatic rings. The lowest BCUT2D eigenvalue weighted by Crippen LogP contribution is -2.47. The number of fused-ring (bicyclic) bond motifs is 2. The molecular formula is C14H23NO2. The Morgan fingerprint density at radius 1 is 1.24 bits per heavy atom. The van der Waals surface area contributed by atoms with E-state index >= 15 is 0 Å². The summed E-state index contributed by atoms with van der Waals surface area (Å²) < 4.78 is 5.83. The van der Waals surface area contributed by atoms with Gasteiger partial charge in [-0.15, -0.1) is 0 Å². The molecule has 0 heterocycles. The van der Waals surface area contributed by atoms with Gasteiger partial charge in [0, 0.05) is 10.8 Å². The van der Waals surface area contributed by atoms with Gasteiger partial charge in [-0.2, -0.15) is 0 Å². The molecule has 2 bridgehead atoms. The van der Waals surface area contributed by atoms with Gasteiger partial charge in [0.15, 0.2) is 0 Å². The van der Waals surface area contributed by atoms with Gasteiger partial charge in [-0.1, -0.05) is 20.8 Å². The number of carbonyl (C=O) groups excluding carboxylic acids is 1. The minimum atomic E-state index is -0.645. The molecule has 3 saturated carbocycles. The predicted octanol–water partition coefficient (Wildman–Crippen LogP) is 2.24. The molecule has 0 radical (unpaired) electrons. The fourth-order valence-corrected chi connectivity index (χ4v) is 4.11. The highest BCUT2D eigenvalue weighted by atomic mass is 16.5. The number of hydrogen-bond donors (Lipinski definition) is 1. The lowest BCUT2D eigenvalue weighted by atomic mass is 9.70. The van der Waals surface area contributed by atoms with E-state index in [1.807, 2.05) is 0 Å². The van der Waals surface area contributed by atoms with Gasteiger partial charge in [0.25, 0.3) is 0 Å². The van der Waals surface area contributed by atoms with Gasteiger partial charge in [0.1, 0.15) is 11.6 Å². The highest BCUT2D eigenvalue weighted by molar-refractivity contribution is 5.84. The van der Waals surface area contributed by atoms with Crippen molar-refractivity contribution >= 4 is 5.97 Å². The molecular weight excluding hydrogens is 214 g/mol. The summed E-state index contributed by atoms with van der Waals surface area (Å²) >= 11 is 0. The first-order valence-electron chi connectivity index (χ1n) is 6.78. The first-order valence-corrected chi connectivity index (χ1v) is 6.78. The Balaban J connectivity index is 1.80. The number of ether oxygens (including phenoxy) is 1. The third kappa shape index (κ3) is 1.48. The van der Waals surface area contributed by atoms with Crippen molar-refractivity contribution in [1.82, 2.24) is 0 Å². The standard InChI is InChI=1S/C14H23NO2/c1-12(2)9-4-5-13(3,8-9)10(12)17-11(16)14(15)6-7-14/h9-10H,4-8,15H2,1-3H3. The maximum absolute atomic E-state index is 12.0. The van der Waals surface area contributed by atoms with Gasteiger partial charge < -0.3 is 10.5 Å². The van der Waals surface area contributed by atoms with E-state index in [-0.39, 0.29) is 22.9 Å². The van der Waals surface area contributed by atoms with Gasteiger partial charge in [-0.3, -0.25) is 4.79 Å². The highest BCUT2D eigenvalue weighted by Gasteiger charge is 2.62. The first-order chi connectivity index (χ1) is 7.78. The zero-order chi connectivity index (χ0) is 12.5. The van der Waals surface area contributed by atoms with E-state index in [0.29, 0.717) is 5.92 Å². The second-order valence-electron chi connectivity index (χ2n) is 7.36. The summed E-state index contributed by atoms with van der Waals surface area (Å²) in [5, 5.41) is 0. The second kappa shape index (κ2) is 3.05. The quantitative estimate of drug-likeness (QED) is 0.749. The molecule has 0 aromatic rings. The summed E-state index contributed by atoms with van der Waals surface area (Å²) in [5.74, 6) is 0.544. The van der Waals surface area contributed by atoms with Crippen LogP contribution in [0.4, 0.5) is 0 Å². The zero-order valence-corrected chi connectivity index (χ0v) is 11.1. The molecule has 3 fully saturated rings. The van der Waals surface area contributed by atoms with Crippen molar-refractivity contribution in [3.8, 4) is 0 Å². The van der Waals surface area contributed by atoms with Crippen molar-refractivity contribution < 1.29 is 9.53 Å². The third-order valence-electron chi connectivity index (χ3n) is 5.56. The summed E-state index contributed by atoms with van der Waals surface area (Å²) in [6, 6.07) is 0. The first kappa shape index (κ1) is 11.5. The number of esters is 1. The molecule has 17 heavy (non-hydrogen) atoms. The fraction of sp³-hybridized carbons (Fsp3) is 0.929. The van der Waals surface area contributed by atoms with Crippen molar-refractivity contribution in [3.05, 3.63) is 0 Å². The number of rotatable bonds is 2. The normalized spacial score (nSPS) is 44.7. The minimum absolute atomic E-state index is 0.0577. The maximum atomic E-state index is 12.0. The smallest absolute Gasteiger partial charge is 0.326 e. The Labute approximate surface area is 103 Å². The Morgan fingerprint density at radius 3 is 2.35 bits per heavy atom. The molecule has 3 nitrogen and oxygen atoms in total. The van der Waals surface area contributed by atoms with E-state index in [0.717, 1.165) is 12.8 Å². The van der Waals surface area contributed by atoms with Crippen molar-refractivity contribution in [2.24, 2.45) is 22.5 Å². The van der Waals surface area contributed by atoms with Crippen LogP contribution in [-0.4, -0.2) is 17.6 Å². The van der Waals surface area contributed by atoms with E-state index in [4.69, 9.17) is 10.5 Å². The Kier molecular flexibility index (Phi) is 2.07. The van der Waals surface area contributed by atoms with Crippen molar-refractivity contribution in [3.63, 3.8) is 0 Å². The van der Waals surface area contributed by atoms with Crippen LogP contribution in [0.25, 0.3) is 0 Å². The predicted molar refractivity (Wildman–Crippen MR) is 65.3 cm³/mol. The molecule has 0 spiro atoms. The third-order valence-corrected chi connectivity index (χ3v) is 5.56. The number of nitrogens with two attached hydrogens (primary N) is 1. The van der Waals surface area contributed by atoms with Crippen LogP contribution in [0.2, 0.25) is 0 Å². The molecule has 3 rings (SSSR count). The van der Waals surface area contributed by atoms with Crippen molar-refractivity contribution in [2.75, 3.05) is 0 Å². The molecule has 0 aromatic carbocycles. The number of carbonyl (C=O) groups is 1. The molecule has 0 aromatic heterocycles. The van der Waals surface area contributed by atoms with E-state index in [1.54, 1.807) is 0 Å². The van der Waals surface area contributed by atoms with Crippen LogP contribution in [-0.2, 0) is 9.53 Å². The van der Waals surface area contributed by atoms with Gasteiger partial charge in [0.2, 0.25) is 0 Å². The molecule has 3 aliphatic carbocycles. The lowest BCUT2D eigenvalue weighted by Gasteiger charge is -2.42. The second-order valence-corrected chi connectivity index (χ2v) is 7.36. The van der Waals surface area contributed by atoms with E-state index in [2.05, 4.69) is 20.8 Å². The minimum Gasteiger partial charge on any atom is -0.460 e. The van der Waals surface area contributed by atoms with Crippen LogP contribution < -0.4 is 5.73 Å². The van der Waals surface area contributed by atoms with E-state index in [1.165, 1.54) is 19.3 Å². The topological polar surface area (TPSA) is 52.3 Å². The zero-order valence-electron chi connectivity index (χ0n) is 11.1. The summed E-state index contributed by atoms with van der Waals surface area (Å²) in [6.45, 7) is 6.77. The highest BCUT2D eigenvalue weighted by Crippen LogP contribution is 2.63. The van der Waals surface area contributed by atoms with Crippen LogP contribution in [0, 0.1) is 16.7 Å². The monoisotopic (exact) mass is 237 g/mol. The van der Waals surface area contributed by atoms with Crippen LogP contribution in [0.5, 0.6) is 0 Å². The van der Waals surface area contributed by atoms with Crippen LogP contribution >= 0.6 is 0 Å². The van der Waals surface area contributed by atoms with Crippen molar-refractivity contribution in [2.45, 2.75) is 64.5 Å². The molecule has 3 unspecified atom stereocenters. The Hall–Kier alpha value is -0.570. The Bertz CT molecular complexity index is 368. The molecule has 0 amide bonds. The lowest BCUT2D eigenvalue weighted by molar-refractivity contribution is -0.167. The summed E-state index contributed by atoms with van der Waals surface area (Å²) in [5.41, 5.74) is 5.59. The van der Waals surface area contributed by atoms with Gasteiger partial charge >= 0.3 is 5.97 Å². The Morgan fingerprint density at radius 2 is 1.88 bits per heavy atom. The van der Waals surface area contributed by atoms with E-state index in [9.17, 15) is 4.79 Å². The van der Waals surface area contributed by atoms with E-state index < -0.39 is 5.54 Å². The molecule has 2 N–H and O–H groups in total. The average molecular weight is 237 g/mol. The maximum Gasteiger partial charge on any atom is 0.326 e. The fourth-order valence-electron chi connectivity index (χ4n) is 4.11. The molecule has 96 valence electrons. The molecule has 3 atom stereocenters. The number of hydrogen-bond acceptors (Lipinski definition) is 3. The summed E-state index contributed by atoms with van der Waals surface area (Å²) in [6.07, 6.45) is 5.32. The van der Waals surface area contributed by atoms with Gasteiger partial charge in [-0.25, -0.2) is 0 Å². The van der Waals surface area contributed by atoms with Crippen LogP contribution in [0.15, 0.2) is 0 Å². The van der Waals surface area contributed by atoms with Crippen molar-refractivity contribution in [1.29, 1.82) is 0 Å². The van der Waals surface area contributed by atoms with Crippen LogP contribution in [0.1, 0.15) is 52.9 Å². The molecule has 0 aliphatic heterocycles. The van der Waals surface area contributed by atoms with Gasteiger partial charge in [-0.05, 0) is 38.0 Å². The molecule has 3 heteroatoms. The largest absolute Gasteiger partial charge is 0.460 e. The SMILES string of the molecule is CC12CCC(C1)C(C)(C)C2OC(=O)C1(N)CC1. The molecule has 0 saturated heterocycles. The average Bonchev–Trinajstić information content (AvgIpc) is 2.80. The van der Waals surface area contributed by atoms with Crippen LogP contribution in [0.3, 0.4) is 0 Å². The van der Waals surface area contributed by atoms with Gasteiger partial charge in [0.05, 0.1) is 0 Å². The summed E-state index contributed by atoms with van der Waals surface area (Å²) in [4.78, 5) is 12.0. The summed E-state index contributed by atoms with van der Waals surface area (Å²) in [7, 11) is 0.